The van der Waals surface area contributed by atoms with Crippen LogP contribution in [0, 0.1) is 5.82 Å². The monoisotopic (exact) mass is 275 g/mol. The summed E-state index contributed by atoms with van der Waals surface area (Å²) in [5.74, 6) is 0.910. The van der Waals surface area contributed by atoms with Gasteiger partial charge in [0.25, 0.3) is 0 Å². The number of hydrogen-bond acceptors (Lipinski definition) is 2. The summed E-state index contributed by atoms with van der Waals surface area (Å²) in [5, 5.41) is 3.30. The predicted molar refractivity (Wildman–Crippen MR) is 79.2 cm³/mol. The number of rotatable bonds is 7. The van der Waals surface area contributed by atoms with Crippen molar-refractivity contribution in [2.45, 2.75) is 38.8 Å². The van der Waals surface area contributed by atoms with Crippen molar-refractivity contribution in [1.82, 2.24) is 14.9 Å². The maximum Gasteiger partial charge on any atom is 0.123 e. The summed E-state index contributed by atoms with van der Waals surface area (Å²) >= 11 is 0. The number of nitrogens with zero attached hydrogens (tertiary/aromatic N) is 2. The van der Waals surface area contributed by atoms with Crippen LogP contribution in [0.2, 0.25) is 0 Å². The minimum absolute atomic E-state index is 0.176. The van der Waals surface area contributed by atoms with Crippen LogP contribution in [0.25, 0.3) is 0 Å². The number of likely N-dealkylation sites (N-methyl/N-ethyl adjacent to an activating group) is 1. The zero-order valence-corrected chi connectivity index (χ0v) is 12.1. The van der Waals surface area contributed by atoms with Crippen molar-refractivity contribution >= 4 is 0 Å². The van der Waals surface area contributed by atoms with E-state index in [2.05, 4.69) is 21.8 Å². The highest BCUT2D eigenvalue weighted by Gasteiger charge is 2.12. The Balaban J connectivity index is 2.03. The molecule has 0 fully saturated rings. The molecule has 2 aromatic rings. The van der Waals surface area contributed by atoms with Crippen molar-refractivity contribution in [3.63, 3.8) is 0 Å². The zero-order chi connectivity index (χ0) is 14.4. The Kier molecular flexibility index (Phi) is 5.30. The number of nitrogens with one attached hydrogen (secondary N) is 1. The van der Waals surface area contributed by atoms with Gasteiger partial charge in [-0.1, -0.05) is 19.1 Å². The fourth-order valence-electron chi connectivity index (χ4n) is 2.42. The predicted octanol–water partition coefficient (Wildman–Crippen LogP) is 2.81. The molecule has 1 atom stereocenters. The van der Waals surface area contributed by atoms with E-state index in [0.29, 0.717) is 0 Å². The summed E-state index contributed by atoms with van der Waals surface area (Å²) in [7, 11) is 1.94. The molecule has 0 spiro atoms. The largest absolute Gasteiger partial charge is 0.335 e. The molecule has 0 saturated carbocycles. The SMILES string of the molecule is CCCn1ccnc1CC(Cc1cccc(F)c1)NC. The van der Waals surface area contributed by atoms with Crippen molar-refractivity contribution in [3.8, 4) is 0 Å². The first-order valence-corrected chi connectivity index (χ1v) is 7.14. The van der Waals surface area contributed by atoms with Crippen LogP contribution < -0.4 is 5.32 Å². The minimum Gasteiger partial charge on any atom is -0.335 e. The normalized spacial score (nSPS) is 12.6. The van der Waals surface area contributed by atoms with Crippen molar-refractivity contribution < 1.29 is 4.39 Å². The van der Waals surface area contributed by atoms with E-state index >= 15 is 0 Å². The molecule has 0 aliphatic heterocycles. The summed E-state index contributed by atoms with van der Waals surface area (Å²) in [5.41, 5.74) is 1.01. The van der Waals surface area contributed by atoms with Gasteiger partial charge in [-0.25, -0.2) is 9.37 Å². The van der Waals surface area contributed by atoms with E-state index in [9.17, 15) is 4.39 Å². The number of aromatic nitrogens is 2. The van der Waals surface area contributed by atoms with Gasteiger partial charge in [0, 0.05) is 31.4 Å². The second-order valence-electron chi connectivity index (χ2n) is 5.06. The van der Waals surface area contributed by atoms with E-state index in [1.807, 2.05) is 25.5 Å². The molecule has 1 heterocycles. The highest BCUT2D eigenvalue weighted by molar-refractivity contribution is 5.18. The third kappa shape index (κ3) is 3.90. The zero-order valence-electron chi connectivity index (χ0n) is 12.1. The molecular weight excluding hydrogens is 253 g/mol. The van der Waals surface area contributed by atoms with Crippen LogP contribution in [0.3, 0.4) is 0 Å². The molecule has 1 N–H and O–H groups in total. The Morgan fingerprint density at radius 3 is 2.90 bits per heavy atom. The summed E-state index contributed by atoms with van der Waals surface area (Å²) < 4.78 is 15.4. The average Bonchev–Trinajstić information content (AvgIpc) is 2.86. The Hall–Kier alpha value is -1.68. The van der Waals surface area contributed by atoms with Crippen molar-refractivity contribution in [1.29, 1.82) is 0 Å². The lowest BCUT2D eigenvalue weighted by Crippen LogP contribution is -2.31. The number of imidazole rings is 1. The van der Waals surface area contributed by atoms with E-state index in [1.165, 1.54) is 6.07 Å². The van der Waals surface area contributed by atoms with Crippen molar-refractivity contribution in [3.05, 3.63) is 53.9 Å². The Morgan fingerprint density at radius 1 is 1.35 bits per heavy atom. The molecule has 1 unspecified atom stereocenters. The minimum atomic E-state index is -0.176. The van der Waals surface area contributed by atoms with Gasteiger partial charge in [0.1, 0.15) is 11.6 Å². The molecule has 0 aliphatic rings. The second-order valence-corrected chi connectivity index (χ2v) is 5.06. The summed E-state index contributed by atoms with van der Waals surface area (Å²) in [6.45, 7) is 3.15. The molecular formula is C16H22FN3. The molecule has 1 aromatic carbocycles. The third-order valence-electron chi connectivity index (χ3n) is 3.47. The standard InChI is InChI=1S/C16H22FN3/c1-3-8-20-9-7-19-16(20)12-15(18-2)11-13-5-4-6-14(17)10-13/h4-7,9-10,15,18H,3,8,11-12H2,1-2H3. The van der Waals surface area contributed by atoms with E-state index in [-0.39, 0.29) is 11.9 Å². The van der Waals surface area contributed by atoms with Gasteiger partial charge in [-0.3, -0.25) is 0 Å². The summed E-state index contributed by atoms with van der Waals surface area (Å²) in [6.07, 6.45) is 6.61. The van der Waals surface area contributed by atoms with Crippen LogP contribution in [0.4, 0.5) is 4.39 Å². The molecule has 3 nitrogen and oxygen atoms in total. The van der Waals surface area contributed by atoms with Gasteiger partial charge in [0.2, 0.25) is 0 Å². The molecule has 108 valence electrons. The molecule has 1 aromatic heterocycles. The van der Waals surface area contributed by atoms with E-state index in [4.69, 9.17) is 0 Å². The lowest BCUT2D eigenvalue weighted by Gasteiger charge is -2.17. The smallest absolute Gasteiger partial charge is 0.123 e. The molecule has 20 heavy (non-hydrogen) atoms. The van der Waals surface area contributed by atoms with Gasteiger partial charge in [-0.2, -0.15) is 0 Å². The van der Waals surface area contributed by atoms with Crippen molar-refractivity contribution in [2.24, 2.45) is 0 Å². The van der Waals surface area contributed by atoms with Crippen LogP contribution in [0.5, 0.6) is 0 Å². The van der Waals surface area contributed by atoms with Crippen LogP contribution in [-0.4, -0.2) is 22.6 Å². The summed E-state index contributed by atoms with van der Waals surface area (Å²) in [4.78, 5) is 4.43. The molecule has 0 amide bonds. The average molecular weight is 275 g/mol. The third-order valence-corrected chi connectivity index (χ3v) is 3.47. The maximum atomic E-state index is 13.2. The van der Waals surface area contributed by atoms with Crippen molar-refractivity contribution in [2.75, 3.05) is 7.05 Å². The highest BCUT2D eigenvalue weighted by atomic mass is 19.1. The van der Waals surface area contributed by atoms with Gasteiger partial charge in [0.15, 0.2) is 0 Å². The second kappa shape index (κ2) is 7.20. The van der Waals surface area contributed by atoms with Gasteiger partial charge >= 0.3 is 0 Å². The molecule has 0 bridgehead atoms. The number of aryl methyl sites for hydroxylation is 1. The first kappa shape index (κ1) is 14.7. The molecule has 4 heteroatoms. The van der Waals surface area contributed by atoms with E-state index in [0.717, 1.165) is 37.2 Å². The highest BCUT2D eigenvalue weighted by Crippen LogP contribution is 2.10. The maximum absolute atomic E-state index is 13.2. The topological polar surface area (TPSA) is 29.9 Å². The Morgan fingerprint density at radius 2 is 2.20 bits per heavy atom. The Bertz CT molecular complexity index is 536. The first-order valence-electron chi connectivity index (χ1n) is 7.14. The lowest BCUT2D eigenvalue weighted by molar-refractivity contribution is 0.518. The molecule has 0 aliphatic carbocycles. The Labute approximate surface area is 119 Å². The molecule has 0 saturated heterocycles. The van der Waals surface area contributed by atoms with Gasteiger partial charge in [0.05, 0.1) is 0 Å². The fourth-order valence-corrected chi connectivity index (χ4v) is 2.42. The number of hydrogen-bond donors (Lipinski definition) is 1. The van der Waals surface area contributed by atoms with Gasteiger partial charge in [-0.15, -0.1) is 0 Å². The quantitative estimate of drug-likeness (QED) is 0.842. The van der Waals surface area contributed by atoms with Crippen LogP contribution in [0.1, 0.15) is 24.7 Å². The van der Waals surface area contributed by atoms with Gasteiger partial charge < -0.3 is 9.88 Å². The van der Waals surface area contributed by atoms with Gasteiger partial charge in [-0.05, 0) is 37.6 Å². The molecule has 2 rings (SSSR count). The van der Waals surface area contributed by atoms with Crippen LogP contribution in [-0.2, 0) is 19.4 Å². The fraction of sp³-hybridized carbons (Fsp3) is 0.438. The summed E-state index contributed by atoms with van der Waals surface area (Å²) in [6, 6.07) is 7.06. The van der Waals surface area contributed by atoms with E-state index < -0.39 is 0 Å². The number of halogens is 1. The number of benzene rings is 1. The lowest BCUT2D eigenvalue weighted by atomic mass is 10.0. The first-order chi connectivity index (χ1) is 9.72. The molecule has 0 radical (unpaired) electrons. The van der Waals surface area contributed by atoms with E-state index in [1.54, 1.807) is 12.1 Å². The van der Waals surface area contributed by atoms with Crippen LogP contribution in [0.15, 0.2) is 36.7 Å². The van der Waals surface area contributed by atoms with Crippen LogP contribution >= 0.6 is 0 Å².